The fraction of sp³-hybridized carbons (Fsp3) is 0. The molecule has 0 unspecified atom stereocenters. The molecule has 0 fully saturated rings. The Morgan fingerprint density at radius 3 is 2.64 bits per heavy atom. The van der Waals surface area contributed by atoms with Gasteiger partial charge in [-0.15, -0.1) is 0 Å². The number of hydrogen-bond acceptors (Lipinski definition) is 1. The Morgan fingerprint density at radius 2 is 2.18 bits per heavy atom. The summed E-state index contributed by atoms with van der Waals surface area (Å²) in [6.45, 7) is 0. The molecule has 0 aliphatic carbocycles. The highest BCUT2D eigenvalue weighted by Crippen LogP contribution is 2.23. The molecule has 0 saturated heterocycles. The maximum absolute atomic E-state index is 12.8. The molecule has 58 valence electrons. The molecule has 4 heteroatoms. The Labute approximate surface area is 85.3 Å². The van der Waals surface area contributed by atoms with Crippen molar-refractivity contribution in [2.75, 3.05) is 0 Å². The lowest BCUT2D eigenvalue weighted by Crippen LogP contribution is -1.87. The number of benzene rings is 1. The predicted molar refractivity (Wildman–Crippen MR) is 52.2 cm³/mol. The van der Waals surface area contributed by atoms with E-state index in [1.54, 1.807) is 6.07 Å². The third kappa shape index (κ3) is 1.99. The highest BCUT2D eigenvalue weighted by Gasteiger charge is 2.04. The van der Waals surface area contributed by atoms with Crippen molar-refractivity contribution < 1.29 is 9.18 Å². The monoisotopic (exact) mass is 328 g/mol. The second kappa shape index (κ2) is 3.62. The Balaban J connectivity index is 3.31. The van der Waals surface area contributed by atoms with E-state index >= 15 is 0 Å². The molecule has 0 aliphatic heterocycles. The van der Waals surface area contributed by atoms with Crippen LogP contribution in [0.15, 0.2) is 16.6 Å². The van der Waals surface area contributed by atoms with E-state index in [9.17, 15) is 9.18 Å². The van der Waals surface area contributed by atoms with Gasteiger partial charge in [-0.1, -0.05) is 0 Å². The molecule has 1 rings (SSSR count). The number of carbonyl (C=O) groups excluding carboxylic acids is 1. The van der Waals surface area contributed by atoms with Crippen LogP contribution in [-0.2, 0) is 0 Å². The van der Waals surface area contributed by atoms with Gasteiger partial charge in [0.2, 0.25) is 0 Å². The minimum Gasteiger partial charge on any atom is -0.298 e. The van der Waals surface area contributed by atoms with Gasteiger partial charge in [-0.2, -0.15) is 0 Å². The third-order valence-corrected chi connectivity index (χ3v) is 3.54. The molecular formula is C7H3BrFIO. The number of hydrogen-bond donors (Lipinski definition) is 0. The van der Waals surface area contributed by atoms with E-state index in [1.807, 2.05) is 22.6 Å². The van der Waals surface area contributed by atoms with Gasteiger partial charge in [0.05, 0.1) is 4.47 Å². The summed E-state index contributed by atoms with van der Waals surface area (Å²) >= 11 is 5.00. The fourth-order valence-electron chi connectivity index (χ4n) is 0.643. The second-order valence-corrected chi connectivity index (χ2v) is 3.87. The van der Waals surface area contributed by atoms with Crippen LogP contribution in [0, 0.1) is 9.39 Å². The van der Waals surface area contributed by atoms with Crippen LogP contribution in [0.4, 0.5) is 4.39 Å². The van der Waals surface area contributed by atoms with E-state index in [1.165, 1.54) is 6.07 Å². The zero-order chi connectivity index (χ0) is 8.43. The van der Waals surface area contributed by atoms with Gasteiger partial charge in [0.1, 0.15) is 12.1 Å². The van der Waals surface area contributed by atoms with Crippen LogP contribution in [0.25, 0.3) is 0 Å². The van der Waals surface area contributed by atoms with E-state index in [-0.39, 0.29) is 0 Å². The summed E-state index contributed by atoms with van der Waals surface area (Å²) in [5.41, 5.74) is 0.357. The first-order valence-electron chi connectivity index (χ1n) is 2.75. The molecule has 0 N–H and O–H groups in total. The van der Waals surface area contributed by atoms with Gasteiger partial charge in [-0.3, -0.25) is 4.79 Å². The van der Waals surface area contributed by atoms with Crippen molar-refractivity contribution >= 4 is 44.8 Å². The minimum atomic E-state index is -0.404. The summed E-state index contributed by atoms with van der Waals surface area (Å²) in [4.78, 5) is 10.2. The first-order valence-corrected chi connectivity index (χ1v) is 4.62. The van der Waals surface area contributed by atoms with Gasteiger partial charge in [-0.25, -0.2) is 4.39 Å². The van der Waals surface area contributed by atoms with Gasteiger partial charge in [0, 0.05) is 9.13 Å². The van der Waals surface area contributed by atoms with E-state index in [0.717, 1.165) is 0 Å². The van der Waals surface area contributed by atoms with Crippen molar-refractivity contribution in [2.24, 2.45) is 0 Å². The first kappa shape index (κ1) is 9.12. The number of carbonyl (C=O) groups is 1. The fourth-order valence-corrected chi connectivity index (χ4v) is 1.49. The third-order valence-electron chi connectivity index (χ3n) is 1.14. The predicted octanol–water partition coefficient (Wildman–Crippen LogP) is 3.01. The standard InChI is InChI=1S/C7H3BrFIO/c8-7-5(9)1-4(3-11)2-6(7)10/h1-3H. The van der Waals surface area contributed by atoms with Crippen molar-refractivity contribution in [3.63, 3.8) is 0 Å². The Hall–Kier alpha value is 0.0300. The van der Waals surface area contributed by atoms with Gasteiger partial charge in [-0.05, 0) is 50.7 Å². The molecule has 1 aromatic rings. The topological polar surface area (TPSA) is 17.1 Å². The van der Waals surface area contributed by atoms with Crippen molar-refractivity contribution in [3.05, 3.63) is 31.6 Å². The van der Waals surface area contributed by atoms with Crippen LogP contribution in [0.2, 0.25) is 0 Å². The van der Waals surface area contributed by atoms with Crippen molar-refractivity contribution in [3.8, 4) is 0 Å². The molecule has 0 amide bonds. The Morgan fingerprint density at radius 1 is 1.55 bits per heavy atom. The SMILES string of the molecule is O=Cc1cc(F)c(Br)c(I)c1. The van der Waals surface area contributed by atoms with E-state index in [4.69, 9.17) is 0 Å². The average Bonchev–Trinajstić information content (AvgIpc) is 1.99. The molecule has 0 saturated carbocycles. The molecule has 0 radical (unpaired) electrons. The highest BCUT2D eigenvalue weighted by atomic mass is 127. The highest BCUT2D eigenvalue weighted by molar-refractivity contribution is 14.1. The number of halogens is 3. The maximum Gasteiger partial charge on any atom is 0.150 e. The van der Waals surface area contributed by atoms with Gasteiger partial charge in [0.15, 0.2) is 0 Å². The van der Waals surface area contributed by atoms with Gasteiger partial charge in [0.25, 0.3) is 0 Å². The molecule has 11 heavy (non-hydrogen) atoms. The molecule has 0 bridgehead atoms. The van der Waals surface area contributed by atoms with Gasteiger partial charge >= 0.3 is 0 Å². The smallest absolute Gasteiger partial charge is 0.150 e. The Bertz CT molecular complexity index is 277. The Kier molecular flexibility index (Phi) is 3.00. The average molecular weight is 329 g/mol. The largest absolute Gasteiger partial charge is 0.298 e. The molecular weight excluding hydrogens is 326 g/mol. The quantitative estimate of drug-likeness (QED) is 0.440. The van der Waals surface area contributed by atoms with Crippen molar-refractivity contribution in [1.29, 1.82) is 0 Å². The lowest BCUT2D eigenvalue weighted by atomic mass is 10.2. The number of rotatable bonds is 1. The number of aldehydes is 1. The van der Waals surface area contributed by atoms with Crippen molar-refractivity contribution in [1.82, 2.24) is 0 Å². The zero-order valence-corrected chi connectivity index (χ0v) is 9.02. The summed E-state index contributed by atoms with van der Waals surface area (Å²) < 4.78 is 13.9. The first-order chi connectivity index (χ1) is 5.15. The molecule has 0 atom stereocenters. The van der Waals surface area contributed by atoms with Crippen LogP contribution < -0.4 is 0 Å². The molecule has 1 aromatic carbocycles. The summed E-state index contributed by atoms with van der Waals surface area (Å²) in [5, 5.41) is 0. The van der Waals surface area contributed by atoms with E-state index in [0.29, 0.717) is 19.9 Å². The summed E-state index contributed by atoms with van der Waals surface area (Å²) in [5.74, 6) is -0.404. The van der Waals surface area contributed by atoms with Crippen LogP contribution in [-0.4, -0.2) is 6.29 Å². The molecule has 0 spiro atoms. The lowest BCUT2D eigenvalue weighted by molar-refractivity contribution is 0.112. The van der Waals surface area contributed by atoms with Crippen molar-refractivity contribution in [2.45, 2.75) is 0 Å². The van der Waals surface area contributed by atoms with Crippen LogP contribution in [0.3, 0.4) is 0 Å². The zero-order valence-electron chi connectivity index (χ0n) is 5.27. The van der Waals surface area contributed by atoms with E-state index < -0.39 is 5.82 Å². The summed E-state index contributed by atoms with van der Waals surface area (Å²) in [6.07, 6.45) is 0.623. The minimum absolute atomic E-state index is 0.357. The normalized spacial score (nSPS) is 9.73. The maximum atomic E-state index is 12.8. The van der Waals surface area contributed by atoms with Crippen LogP contribution in [0.5, 0.6) is 0 Å². The van der Waals surface area contributed by atoms with Crippen LogP contribution in [0.1, 0.15) is 10.4 Å². The summed E-state index contributed by atoms with van der Waals surface area (Å²) in [6, 6.07) is 2.81. The molecule has 0 aromatic heterocycles. The molecule has 0 heterocycles. The van der Waals surface area contributed by atoms with Crippen LogP contribution >= 0.6 is 38.5 Å². The van der Waals surface area contributed by atoms with E-state index in [2.05, 4.69) is 15.9 Å². The second-order valence-electron chi connectivity index (χ2n) is 1.92. The van der Waals surface area contributed by atoms with Gasteiger partial charge < -0.3 is 0 Å². The molecule has 0 aliphatic rings. The molecule has 1 nitrogen and oxygen atoms in total. The lowest BCUT2D eigenvalue weighted by Gasteiger charge is -1.98. The summed E-state index contributed by atoms with van der Waals surface area (Å²) in [7, 11) is 0.